The van der Waals surface area contributed by atoms with E-state index < -0.39 is 23.3 Å². The van der Waals surface area contributed by atoms with E-state index in [1.807, 2.05) is 12.1 Å². The number of methoxy groups -OCH3 is 1. The molecule has 0 unspecified atom stereocenters. The SMILES string of the molecule is CCCCCCCCCCCCC#C[C@@H](Sc1ccc2cc(C(=O)O)c(OC)nc2c1)[C@@H](O)CCCC(=O)O. The van der Waals surface area contributed by atoms with Crippen LogP contribution in [-0.2, 0) is 4.79 Å². The Labute approximate surface area is 236 Å². The first kappa shape index (κ1) is 32.5. The summed E-state index contributed by atoms with van der Waals surface area (Å²) in [4.78, 5) is 27.6. The van der Waals surface area contributed by atoms with Crippen molar-refractivity contribution in [3.63, 3.8) is 0 Å². The number of hydrogen-bond donors (Lipinski definition) is 3. The summed E-state index contributed by atoms with van der Waals surface area (Å²) < 4.78 is 5.16. The molecular formula is C31H43NO6S. The first-order chi connectivity index (χ1) is 18.8. The third-order valence-electron chi connectivity index (χ3n) is 6.58. The van der Waals surface area contributed by atoms with Crippen LogP contribution in [0.25, 0.3) is 10.9 Å². The van der Waals surface area contributed by atoms with Crippen molar-refractivity contribution in [3.05, 3.63) is 29.8 Å². The molecule has 1 heterocycles. The number of rotatable bonds is 19. The maximum atomic E-state index is 11.5. The molecule has 0 aliphatic heterocycles. The van der Waals surface area contributed by atoms with Crippen LogP contribution in [0, 0.1) is 11.8 Å². The van der Waals surface area contributed by atoms with Gasteiger partial charge in [0, 0.05) is 23.1 Å². The highest BCUT2D eigenvalue weighted by Crippen LogP contribution is 2.31. The zero-order chi connectivity index (χ0) is 28.5. The molecule has 7 nitrogen and oxygen atoms in total. The Morgan fingerprint density at radius 3 is 2.26 bits per heavy atom. The molecule has 39 heavy (non-hydrogen) atoms. The van der Waals surface area contributed by atoms with Crippen molar-refractivity contribution in [1.29, 1.82) is 0 Å². The van der Waals surface area contributed by atoms with Crippen LogP contribution in [0.5, 0.6) is 5.88 Å². The van der Waals surface area contributed by atoms with Crippen LogP contribution in [0.4, 0.5) is 0 Å². The summed E-state index contributed by atoms with van der Waals surface area (Å²) in [5.41, 5.74) is 0.578. The van der Waals surface area contributed by atoms with Gasteiger partial charge in [0.25, 0.3) is 0 Å². The van der Waals surface area contributed by atoms with Gasteiger partial charge in [-0.25, -0.2) is 9.78 Å². The van der Waals surface area contributed by atoms with Crippen LogP contribution in [-0.4, -0.2) is 50.7 Å². The van der Waals surface area contributed by atoms with Crippen LogP contribution in [0.3, 0.4) is 0 Å². The molecule has 1 aromatic heterocycles. The van der Waals surface area contributed by atoms with Crippen LogP contribution in [0.1, 0.15) is 107 Å². The summed E-state index contributed by atoms with van der Waals surface area (Å²) in [6.45, 7) is 2.24. The van der Waals surface area contributed by atoms with Gasteiger partial charge in [-0.1, -0.05) is 76.7 Å². The fourth-order valence-electron chi connectivity index (χ4n) is 4.35. The van der Waals surface area contributed by atoms with E-state index in [4.69, 9.17) is 9.84 Å². The summed E-state index contributed by atoms with van der Waals surface area (Å²) >= 11 is 1.41. The molecule has 2 rings (SSSR count). The van der Waals surface area contributed by atoms with E-state index in [-0.39, 0.29) is 17.9 Å². The molecule has 0 saturated heterocycles. The quantitative estimate of drug-likeness (QED) is 0.0933. The first-order valence-electron chi connectivity index (χ1n) is 14.1. The van der Waals surface area contributed by atoms with E-state index >= 15 is 0 Å². The van der Waals surface area contributed by atoms with E-state index in [9.17, 15) is 19.8 Å². The number of hydrogen-bond acceptors (Lipinski definition) is 6. The number of carbonyl (C=O) groups is 2. The highest BCUT2D eigenvalue weighted by Gasteiger charge is 2.20. The lowest BCUT2D eigenvalue weighted by molar-refractivity contribution is -0.137. The van der Waals surface area contributed by atoms with Gasteiger partial charge in [-0.05, 0) is 37.5 Å². The Kier molecular flexibility index (Phi) is 15.4. The topological polar surface area (TPSA) is 117 Å². The maximum absolute atomic E-state index is 11.5. The lowest BCUT2D eigenvalue weighted by Crippen LogP contribution is -2.22. The summed E-state index contributed by atoms with van der Waals surface area (Å²) in [7, 11) is 1.38. The molecule has 0 saturated carbocycles. The Bertz CT molecular complexity index is 1110. The third kappa shape index (κ3) is 12.3. The van der Waals surface area contributed by atoms with E-state index in [1.54, 1.807) is 6.07 Å². The van der Waals surface area contributed by atoms with E-state index in [0.717, 1.165) is 24.2 Å². The summed E-state index contributed by atoms with van der Waals surface area (Å²) in [5, 5.41) is 29.4. The zero-order valence-electron chi connectivity index (χ0n) is 23.3. The van der Waals surface area contributed by atoms with Gasteiger partial charge in [-0.3, -0.25) is 4.79 Å². The number of pyridine rings is 1. The minimum atomic E-state index is -1.11. The van der Waals surface area contributed by atoms with Crippen molar-refractivity contribution in [3.8, 4) is 17.7 Å². The molecule has 0 spiro atoms. The molecule has 0 bridgehead atoms. The van der Waals surface area contributed by atoms with Crippen LogP contribution in [0.2, 0.25) is 0 Å². The van der Waals surface area contributed by atoms with Crippen molar-refractivity contribution in [2.45, 2.75) is 113 Å². The van der Waals surface area contributed by atoms with Gasteiger partial charge < -0.3 is 20.1 Å². The number of carboxylic acid groups (broad SMARTS) is 2. The Morgan fingerprint density at radius 1 is 0.974 bits per heavy atom. The number of carboxylic acids is 2. The normalized spacial score (nSPS) is 12.5. The summed E-state index contributed by atoms with van der Waals surface area (Å²) in [6.07, 6.45) is 13.4. The molecule has 2 atom stereocenters. The van der Waals surface area contributed by atoms with Gasteiger partial charge in [-0.2, -0.15) is 0 Å². The first-order valence-corrected chi connectivity index (χ1v) is 15.0. The Balaban J connectivity index is 1.98. The number of aromatic carboxylic acids is 1. The molecule has 0 radical (unpaired) electrons. The number of aliphatic hydroxyl groups is 1. The lowest BCUT2D eigenvalue weighted by Gasteiger charge is -2.18. The number of aromatic nitrogens is 1. The maximum Gasteiger partial charge on any atom is 0.341 e. The number of fused-ring (bicyclic) bond motifs is 1. The zero-order valence-corrected chi connectivity index (χ0v) is 24.1. The molecule has 0 aliphatic carbocycles. The predicted octanol–water partition coefficient (Wildman–Crippen LogP) is 7.33. The van der Waals surface area contributed by atoms with E-state index in [1.165, 1.54) is 76.3 Å². The van der Waals surface area contributed by atoms with Crippen LogP contribution in [0.15, 0.2) is 29.2 Å². The monoisotopic (exact) mass is 557 g/mol. The van der Waals surface area contributed by atoms with Gasteiger partial charge in [0.1, 0.15) is 5.56 Å². The van der Waals surface area contributed by atoms with Gasteiger partial charge in [0.05, 0.1) is 24.0 Å². The minimum absolute atomic E-state index is 0.00465. The minimum Gasteiger partial charge on any atom is -0.481 e. The highest BCUT2D eigenvalue weighted by molar-refractivity contribution is 8.00. The highest BCUT2D eigenvalue weighted by atomic mass is 32.2. The van der Waals surface area contributed by atoms with Gasteiger partial charge in [0.15, 0.2) is 0 Å². The van der Waals surface area contributed by atoms with E-state index in [0.29, 0.717) is 23.7 Å². The second-order valence-corrected chi connectivity index (χ2v) is 11.1. The number of benzene rings is 1. The van der Waals surface area contributed by atoms with Crippen molar-refractivity contribution in [1.82, 2.24) is 4.98 Å². The van der Waals surface area contributed by atoms with Gasteiger partial charge in [0.2, 0.25) is 5.88 Å². The largest absolute Gasteiger partial charge is 0.481 e. The standard InChI is InChI=1S/C31H43NO6S/c1-3-4-5-6-7-8-9-10-11-12-13-14-17-28(27(33)16-15-18-29(34)35)39-24-20-19-23-21-25(31(36)37)30(38-2)32-26(23)22-24/h19-22,27-28,33H,3-13,15-16,18H2,1-2H3,(H,34,35)(H,36,37)/t27-,28+/m0/s1. The second kappa shape index (κ2) is 18.5. The summed E-state index contributed by atoms with van der Waals surface area (Å²) in [6, 6.07) is 7.01. The van der Waals surface area contributed by atoms with Crippen molar-refractivity contribution < 1.29 is 29.6 Å². The average molecular weight is 558 g/mol. The van der Waals surface area contributed by atoms with Crippen LogP contribution < -0.4 is 4.74 Å². The molecule has 0 amide bonds. The number of nitrogens with zero attached hydrogens (tertiary/aromatic N) is 1. The fourth-order valence-corrected chi connectivity index (χ4v) is 5.40. The second-order valence-electron chi connectivity index (χ2n) is 9.85. The molecule has 214 valence electrons. The smallest absolute Gasteiger partial charge is 0.341 e. The number of unbranched alkanes of at least 4 members (excludes halogenated alkanes) is 10. The lowest BCUT2D eigenvalue weighted by atomic mass is 10.1. The van der Waals surface area contributed by atoms with Gasteiger partial charge in [-0.15, -0.1) is 17.7 Å². The third-order valence-corrected chi connectivity index (χ3v) is 7.79. The number of aliphatic carboxylic acids is 1. The number of aliphatic hydroxyl groups excluding tert-OH is 1. The van der Waals surface area contributed by atoms with E-state index in [2.05, 4.69) is 23.7 Å². The molecular weight excluding hydrogens is 514 g/mol. The molecule has 8 heteroatoms. The molecule has 1 aromatic carbocycles. The van der Waals surface area contributed by atoms with Crippen molar-refractivity contribution >= 4 is 34.6 Å². The fraction of sp³-hybridized carbons (Fsp3) is 0.581. The Hall–Kier alpha value is -2.76. The molecule has 0 fully saturated rings. The van der Waals surface area contributed by atoms with Crippen molar-refractivity contribution in [2.75, 3.05) is 7.11 Å². The Morgan fingerprint density at radius 2 is 1.64 bits per heavy atom. The number of thioether (sulfide) groups is 1. The van der Waals surface area contributed by atoms with Gasteiger partial charge >= 0.3 is 11.9 Å². The van der Waals surface area contributed by atoms with Crippen molar-refractivity contribution in [2.24, 2.45) is 0 Å². The number of ether oxygens (including phenoxy) is 1. The summed E-state index contributed by atoms with van der Waals surface area (Å²) in [5.74, 6) is 4.51. The molecule has 0 aliphatic rings. The predicted molar refractivity (Wildman–Crippen MR) is 157 cm³/mol. The molecule has 3 N–H and O–H groups in total. The van der Waals surface area contributed by atoms with Crippen LogP contribution >= 0.6 is 11.8 Å². The average Bonchev–Trinajstić information content (AvgIpc) is 2.91. The molecule has 2 aromatic rings.